The largest absolute Gasteiger partial charge is 0.504 e. The van der Waals surface area contributed by atoms with Crippen LogP contribution in [-0.4, -0.2) is 21.9 Å². The van der Waals surface area contributed by atoms with Crippen molar-refractivity contribution in [1.29, 1.82) is 0 Å². The molecule has 4 heteroatoms. The topological polar surface area (TPSA) is 86.7 Å². The number of fused-ring (bicyclic) bond motifs is 1. The summed E-state index contributed by atoms with van der Waals surface area (Å²) in [5, 5.41) is 29.3. The van der Waals surface area contributed by atoms with Crippen LogP contribution in [0.3, 0.4) is 0 Å². The summed E-state index contributed by atoms with van der Waals surface area (Å²) in [6, 6.07) is 2.96. The average Bonchev–Trinajstić information content (AvgIpc) is 2.42. The smallest absolute Gasteiger partial charge is 0.157 e. The van der Waals surface area contributed by atoms with Gasteiger partial charge in [0.2, 0.25) is 0 Å². The van der Waals surface area contributed by atoms with Crippen LogP contribution in [0.15, 0.2) is 12.1 Å². The van der Waals surface area contributed by atoms with Gasteiger partial charge in [-0.3, -0.25) is 0 Å². The van der Waals surface area contributed by atoms with E-state index in [1.165, 1.54) is 12.1 Å². The van der Waals surface area contributed by atoms with Crippen molar-refractivity contribution < 1.29 is 15.3 Å². The molecule has 0 radical (unpaired) electrons. The van der Waals surface area contributed by atoms with E-state index in [1.807, 2.05) is 0 Å². The van der Waals surface area contributed by atoms with Gasteiger partial charge in [0.25, 0.3) is 0 Å². The maximum atomic E-state index is 10.4. The zero-order valence-electron chi connectivity index (χ0n) is 9.11. The van der Waals surface area contributed by atoms with Gasteiger partial charge in [-0.15, -0.1) is 0 Å². The van der Waals surface area contributed by atoms with Gasteiger partial charge >= 0.3 is 0 Å². The van der Waals surface area contributed by atoms with Crippen LogP contribution in [0.2, 0.25) is 0 Å². The quantitative estimate of drug-likeness (QED) is 0.422. The zero-order valence-corrected chi connectivity index (χ0v) is 9.11. The SMILES string of the molecule is NCC1(O)CCCCc2cc(O)c(O)cc21. The molecule has 16 heavy (non-hydrogen) atoms. The summed E-state index contributed by atoms with van der Waals surface area (Å²) in [6.45, 7) is 0.129. The molecule has 1 aromatic carbocycles. The monoisotopic (exact) mass is 223 g/mol. The molecule has 0 saturated heterocycles. The summed E-state index contributed by atoms with van der Waals surface area (Å²) < 4.78 is 0. The maximum Gasteiger partial charge on any atom is 0.157 e. The van der Waals surface area contributed by atoms with Gasteiger partial charge in [-0.2, -0.15) is 0 Å². The normalized spacial score (nSPS) is 24.9. The number of aromatic hydroxyl groups is 2. The lowest BCUT2D eigenvalue weighted by Gasteiger charge is -2.27. The van der Waals surface area contributed by atoms with E-state index in [2.05, 4.69) is 0 Å². The fourth-order valence-electron chi connectivity index (χ4n) is 2.34. The van der Waals surface area contributed by atoms with Gasteiger partial charge in [-0.25, -0.2) is 0 Å². The first kappa shape index (κ1) is 11.2. The molecule has 1 aliphatic rings. The fraction of sp³-hybridized carbons (Fsp3) is 0.500. The Kier molecular flexibility index (Phi) is 2.78. The third kappa shape index (κ3) is 1.74. The zero-order chi connectivity index (χ0) is 11.8. The highest BCUT2D eigenvalue weighted by molar-refractivity contribution is 5.48. The van der Waals surface area contributed by atoms with Crippen molar-refractivity contribution >= 4 is 0 Å². The molecule has 0 fully saturated rings. The predicted molar refractivity (Wildman–Crippen MR) is 60.3 cm³/mol. The van der Waals surface area contributed by atoms with Gasteiger partial charge in [0, 0.05) is 6.54 Å². The van der Waals surface area contributed by atoms with Crippen LogP contribution in [0.5, 0.6) is 11.5 Å². The van der Waals surface area contributed by atoms with Crippen molar-refractivity contribution in [3.05, 3.63) is 23.3 Å². The third-order valence-electron chi connectivity index (χ3n) is 3.33. The van der Waals surface area contributed by atoms with Crippen molar-refractivity contribution in [1.82, 2.24) is 0 Å². The number of hydrogen-bond donors (Lipinski definition) is 4. The van der Waals surface area contributed by atoms with Crippen molar-refractivity contribution in [2.45, 2.75) is 31.3 Å². The fourth-order valence-corrected chi connectivity index (χ4v) is 2.34. The summed E-state index contributed by atoms with van der Waals surface area (Å²) in [4.78, 5) is 0. The lowest BCUT2D eigenvalue weighted by atomic mass is 9.87. The Bertz CT molecular complexity index is 405. The van der Waals surface area contributed by atoms with Crippen LogP contribution in [0.1, 0.15) is 30.4 Å². The average molecular weight is 223 g/mol. The molecule has 0 saturated carbocycles. The van der Waals surface area contributed by atoms with E-state index in [9.17, 15) is 15.3 Å². The van der Waals surface area contributed by atoms with Gasteiger partial charge in [0.05, 0.1) is 0 Å². The van der Waals surface area contributed by atoms with Crippen LogP contribution in [-0.2, 0) is 12.0 Å². The number of benzene rings is 1. The summed E-state index contributed by atoms with van der Waals surface area (Å²) in [7, 11) is 0. The first-order valence-corrected chi connectivity index (χ1v) is 5.54. The Morgan fingerprint density at radius 1 is 1.19 bits per heavy atom. The van der Waals surface area contributed by atoms with E-state index in [-0.39, 0.29) is 18.0 Å². The second kappa shape index (κ2) is 3.96. The Morgan fingerprint density at radius 2 is 1.88 bits per heavy atom. The van der Waals surface area contributed by atoms with E-state index in [0.29, 0.717) is 12.0 Å². The molecule has 2 rings (SSSR count). The molecule has 0 spiro atoms. The van der Waals surface area contributed by atoms with Crippen molar-refractivity contribution in [2.75, 3.05) is 6.54 Å². The van der Waals surface area contributed by atoms with Gasteiger partial charge in [-0.1, -0.05) is 0 Å². The summed E-state index contributed by atoms with van der Waals surface area (Å²) >= 11 is 0. The molecule has 0 heterocycles. The minimum atomic E-state index is -1.07. The second-order valence-electron chi connectivity index (χ2n) is 4.44. The Hall–Kier alpha value is -1.26. The number of rotatable bonds is 1. The van der Waals surface area contributed by atoms with Gasteiger partial charge in [0.1, 0.15) is 5.60 Å². The number of aliphatic hydroxyl groups is 1. The Labute approximate surface area is 94.3 Å². The highest BCUT2D eigenvalue weighted by Crippen LogP contribution is 2.38. The molecular weight excluding hydrogens is 206 g/mol. The van der Waals surface area contributed by atoms with Crippen molar-refractivity contribution in [3.8, 4) is 11.5 Å². The van der Waals surface area contributed by atoms with E-state index in [4.69, 9.17) is 5.73 Å². The summed E-state index contributed by atoms with van der Waals surface area (Å²) in [6.07, 6.45) is 3.25. The van der Waals surface area contributed by atoms with Crippen LogP contribution >= 0.6 is 0 Å². The van der Waals surface area contributed by atoms with Crippen LogP contribution < -0.4 is 5.73 Å². The molecule has 0 aliphatic heterocycles. The van der Waals surface area contributed by atoms with Gasteiger partial charge < -0.3 is 21.1 Å². The van der Waals surface area contributed by atoms with Crippen LogP contribution in [0.25, 0.3) is 0 Å². The van der Waals surface area contributed by atoms with Crippen LogP contribution in [0, 0.1) is 0 Å². The van der Waals surface area contributed by atoms with Crippen molar-refractivity contribution in [2.24, 2.45) is 5.73 Å². The molecule has 4 nitrogen and oxygen atoms in total. The van der Waals surface area contributed by atoms with Crippen molar-refractivity contribution in [3.63, 3.8) is 0 Å². The van der Waals surface area contributed by atoms with Crippen LogP contribution in [0.4, 0.5) is 0 Å². The molecule has 1 aromatic rings. The summed E-state index contributed by atoms with van der Waals surface area (Å²) in [5.41, 5.74) is 6.07. The first-order chi connectivity index (χ1) is 7.57. The molecule has 88 valence electrons. The molecule has 1 aliphatic carbocycles. The number of hydrogen-bond acceptors (Lipinski definition) is 4. The van der Waals surface area contributed by atoms with E-state index in [0.717, 1.165) is 24.8 Å². The molecule has 1 atom stereocenters. The minimum absolute atomic E-state index is 0.129. The molecular formula is C12H17NO3. The molecule has 1 unspecified atom stereocenters. The molecule has 0 bridgehead atoms. The number of phenolic OH excluding ortho intramolecular Hbond substituents is 2. The second-order valence-corrected chi connectivity index (χ2v) is 4.44. The van der Waals surface area contributed by atoms with Gasteiger partial charge in [-0.05, 0) is 48.9 Å². The maximum absolute atomic E-state index is 10.4. The van der Waals surface area contributed by atoms with E-state index in [1.54, 1.807) is 0 Å². The number of phenols is 2. The Morgan fingerprint density at radius 3 is 2.56 bits per heavy atom. The highest BCUT2D eigenvalue weighted by atomic mass is 16.3. The predicted octanol–water partition coefficient (Wildman–Crippen LogP) is 0.970. The lowest BCUT2D eigenvalue weighted by molar-refractivity contribution is 0.0360. The molecule has 0 amide bonds. The standard InChI is InChI=1S/C12H17NO3/c13-7-12(16)4-2-1-3-8-5-10(14)11(15)6-9(8)12/h5-6,14-16H,1-4,7,13H2. The summed E-state index contributed by atoms with van der Waals surface area (Å²) in [5.74, 6) is -0.340. The number of aryl methyl sites for hydroxylation is 1. The van der Waals surface area contributed by atoms with Gasteiger partial charge in [0.15, 0.2) is 11.5 Å². The Balaban J connectivity index is 2.57. The third-order valence-corrected chi connectivity index (χ3v) is 3.33. The molecule has 0 aromatic heterocycles. The lowest BCUT2D eigenvalue weighted by Crippen LogP contribution is -2.35. The highest BCUT2D eigenvalue weighted by Gasteiger charge is 2.32. The first-order valence-electron chi connectivity index (χ1n) is 5.54. The van der Waals surface area contributed by atoms with E-state index >= 15 is 0 Å². The molecule has 5 N–H and O–H groups in total. The minimum Gasteiger partial charge on any atom is -0.504 e. The van der Waals surface area contributed by atoms with E-state index < -0.39 is 5.60 Å². The number of nitrogens with two attached hydrogens (primary N) is 1.